The number of aliphatic hydroxyl groups excluding tert-OH is 1. The van der Waals surface area contributed by atoms with Gasteiger partial charge in [-0.2, -0.15) is 0 Å². The molecular formula is C24H29ClF2N2O2. The lowest BCUT2D eigenvalue weighted by molar-refractivity contribution is -0.120. The van der Waals surface area contributed by atoms with Crippen LogP contribution in [0.1, 0.15) is 48.1 Å². The first-order chi connectivity index (χ1) is 14.9. The lowest BCUT2D eigenvalue weighted by Gasteiger charge is -2.30. The van der Waals surface area contributed by atoms with Gasteiger partial charge in [0.05, 0.1) is 12.1 Å². The summed E-state index contributed by atoms with van der Waals surface area (Å²) in [6.07, 6.45) is 3.14. The third-order valence-electron chi connectivity index (χ3n) is 5.82. The smallest absolute Gasteiger partial charge is 0.235 e. The fraction of sp³-hybridized carbons (Fsp3) is 0.458. The number of aliphatic hydroxyl groups is 1. The van der Waals surface area contributed by atoms with Crippen LogP contribution >= 0.6 is 11.6 Å². The molecule has 0 radical (unpaired) electrons. The summed E-state index contributed by atoms with van der Waals surface area (Å²) in [6.45, 7) is 2.35. The second-order valence-corrected chi connectivity index (χ2v) is 8.36. The molecule has 2 aromatic carbocycles. The second kappa shape index (κ2) is 11.0. The molecule has 7 heteroatoms. The van der Waals surface area contributed by atoms with Crippen molar-refractivity contribution in [3.05, 3.63) is 70.3 Å². The number of carbonyl (C=O) groups is 1. The third-order valence-corrected chi connectivity index (χ3v) is 6.06. The van der Waals surface area contributed by atoms with E-state index in [-0.39, 0.29) is 24.9 Å². The van der Waals surface area contributed by atoms with Crippen molar-refractivity contribution in [2.24, 2.45) is 0 Å². The Kier molecular flexibility index (Phi) is 8.41. The largest absolute Gasteiger partial charge is 0.390 e. The number of aryl methyl sites for hydroxylation is 2. The Morgan fingerprint density at radius 1 is 1.19 bits per heavy atom. The maximum Gasteiger partial charge on any atom is 0.235 e. The Bertz CT molecular complexity index is 889. The molecule has 0 saturated heterocycles. The maximum absolute atomic E-state index is 13.6. The molecule has 1 aliphatic carbocycles. The van der Waals surface area contributed by atoms with Crippen molar-refractivity contribution >= 4 is 17.5 Å². The second-order valence-electron chi connectivity index (χ2n) is 8.10. The summed E-state index contributed by atoms with van der Waals surface area (Å²) in [5, 5.41) is 16.9. The molecule has 1 amide bonds. The Hall–Kier alpha value is -2.02. The van der Waals surface area contributed by atoms with Crippen LogP contribution in [0, 0.1) is 11.6 Å². The van der Waals surface area contributed by atoms with Gasteiger partial charge in [-0.25, -0.2) is 8.78 Å². The Labute approximate surface area is 187 Å². The summed E-state index contributed by atoms with van der Waals surface area (Å²) in [7, 11) is 0. The lowest BCUT2D eigenvalue weighted by Crippen LogP contribution is -2.49. The van der Waals surface area contributed by atoms with E-state index >= 15 is 0 Å². The summed E-state index contributed by atoms with van der Waals surface area (Å²) < 4.78 is 27.2. The first kappa shape index (κ1) is 23.6. The van der Waals surface area contributed by atoms with Gasteiger partial charge in [0, 0.05) is 18.7 Å². The van der Waals surface area contributed by atoms with E-state index in [0.29, 0.717) is 5.56 Å². The predicted octanol–water partition coefficient (Wildman–Crippen LogP) is 3.82. The molecular weight excluding hydrogens is 422 g/mol. The highest BCUT2D eigenvalue weighted by Gasteiger charge is 2.25. The average Bonchev–Trinajstić information content (AvgIpc) is 2.75. The van der Waals surface area contributed by atoms with Crippen molar-refractivity contribution in [3.63, 3.8) is 0 Å². The van der Waals surface area contributed by atoms with Crippen molar-refractivity contribution in [3.8, 4) is 0 Å². The van der Waals surface area contributed by atoms with E-state index < -0.39 is 29.7 Å². The molecule has 168 valence electrons. The standard InChI is InChI=1S/C24H29ClF2N2O2/c1-2-15-6-7-17-4-3-5-21(20(17)10-15)28-14-23(30)22(29-24(31)13-25)11-16-8-18(26)12-19(27)9-16/h6-10,12,21-23,28,30H,2-5,11,13-14H2,1H3,(H,29,31)/t21-,22-,23+/m0/s1. The van der Waals surface area contributed by atoms with Crippen LogP contribution in [0.2, 0.25) is 0 Å². The van der Waals surface area contributed by atoms with Crippen LogP contribution in [-0.2, 0) is 24.1 Å². The first-order valence-corrected chi connectivity index (χ1v) is 11.3. The number of hydrogen-bond donors (Lipinski definition) is 3. The molecule has 3 rings (SSSR count). The molecule has 0 aliphatic heterocycles. The first-order valence-electron chi connectivity index (χ1n) is 10.7. The van der Waals surface area contributed by atoms with Crippen LogP contribution in [0.4, 0.5) is 8.78 Å². The summed E-state index contributed by atoms with van der Waals surface area (Å²) in [6, 6.07) is 9.14. The number of benzene rings is 2. The lowest BCUT2D eigenvalue weighted by atomic mass is 9.86. The van der Waals surface area contributed by atoms with Crippen molar-refractivity contribution in [1.29, 1.82) is 0 Å². The van der Waals surface area contributed by atoms with E-state index in [1.807, 2.05) is 0 Å². The van der Waals surface area contributed by atoms with Crippen LogP contribution in [-0.4, -0.2) is 35.6 Å². The topological polar surface area (TPSA) is 61.4 Å². The molecule has 1 aliphatic rings. The molecule has 0 unspecified atom stereocenters. The minimum Gasteiger partial charge on any atom is -0.390 e. The number of carbonyl (C=O) groups excluding carboxylic acids is 1. The number of amides is 1. The van der Waals surface area contributed by atoms with Gasteiger partial charge < -0.3 is 15.7 Å². The minimum atomic E-state index is -0.960. The quantitative estimate of drug-likeness (QED) is 0.509. The van der Waals surface area contributed by atoms with Crippen LogP contribution in [0.5, 0.6) is 0 Å². The van der Waals surface area contributed by atoms with Crippen molar-refractivity contribution in [2.45, 2.75) is 57.2 Å². The molecule has 2 aromatic rings. The molecule has 0 aromatic heterocycles. The molecule has 4 nitrogen and oxygen atoms in total. The molecule has 0 fully saturated rings. The fourth-order valence-electron chi connectivity index (χ4n) is 4.20. The van der Waals surface area contributed by atoms with Gasteiger partial charge in [0.15, 0.2) is 0 Å². The summed E-state index contributed by atoms with van der Waals surface area (Å²) in [5.41, 5.74) is 4.20. The molecule has 0 bridgehead atoms. The highest BCUT2D eigenvalue weighted by atomic mass is 35.5. The Morgan fingerprint density at radius 2 is 1.94 bits per heavy atom. The molecule has 31 heavy (non-hydrogen) atoms. The van der Waals surface area contributed by atoms with Crippen LogP contribution in [0.15, 0.2) is 36.4 Å². The summed E-state index contributed by atoms with van der Waals surface area (Å²) in [4.78, 5) is 11.9. The fourth-order valence-corrected chi connectivity index (χ4v) is 4.27. The van der Waals surface area contributed by atoms with E-state index in [2.05, 4.69) is 35.8 Å². The van der Waals surface area contributed by atoms with E-state index in [4.69, 9.17) is 11.6 Å². The zero-order valence-corrected chi connectivity index (χ0v) is 18.4. The number of hydrogen-bond acceptors (Lipinski definition) is 3. The van der Waals surface area contributed by atoms with Gasteiger partial charge in [0.1, 0.15) is 17.5 Å². The predicted molar refractivity (Wildman–Crippen MR) is 118 cm³/mol. The van der Waals surface area contributed by atoms with Gasteiger partial charge in [-0.05, 0) is 66.5 Å². The minimum absolute atomic E-state index is 0.0847. The highest BCUT2D eigenvalue weighted by molar-refractivity contribution is 6.27. The van der Waals surface area contributed by atoms with Gasteiger partial charge >= 0.3 is 0 Å². The molecule has 0 heterocycles. The van der Waals surface area contributed by atoms with Crippen molar-refractivity contribution < 1.29 is 18.7 Å². The Morgan fingerprint density at radius 3 is 2.61 bits per heavy atom. The number of nitrogens with one attached hydrogen (secondary N) is 2. The van der Waals surface area contributed by atoms with Gasteiger partial charge in [0.25, 0.3) is 0 Å². The highest BCUT2D eigenvalue weighted by Crippen LogP contribution is 2.30. The normalized spacial score (nSPS) is 17.6. The van der Waals surface area contributed by atoms with Gasteiger partial charge in [0.2, 0.25) is 5.91 Å². The van der Waals surface area contributed by atoms with Crippen molar-refractivity contribution in [1.82, 2.24) is 10.6 Å². The monoisotopic (exact) mass is 450 g/mol. The third kappa shape index (κ3) is 6.48. The molecule has 0 saturated carbocycles. The SMILES string of the molecule is CCc1ccc2c(c1)[C@@H](NC[C@@H](O)[C@H](Cc1cc(F)cc(F)c1)NC(=O)CCl)CCC2. The van der Waals surface area contributed by atoms with E-state index in [9.17, 15) is 18.7 Å². The maximum atomic E-state index is 13.6. The average molecular weight is 451 g/mol. The zero-order valence-electron chi connectivity index (χ0n) is 17.6. The van der Waals surface area contributed by atoms with Gasteiger partial charge in [-0.1, -0.05) is 25.1 Å². The number of fused-ring (bicyclic) bond motifs is 1. The number of halogens is 3. The zero-order chi connectivity index (χ0) is 22.4. The molecule has 3 atom stereocenters. The molecule has 3 N–H and O–H groups in total. The number of alkyl halides is 1. The van der Waals surface area contributed by atoms with Crippen molar-refractivity contribution in [2.75, 3.05) is 12.4 Å². The number of rotatable bonds is 9. The van der Waals surface area contributed by atoms with E-state index in [1.54, 1.807) is 0 Å². The summed E-state index contributed by atoms with van der Waals surface area (Å²) in [5.74, 6) is -2.10. The van der Waals surface area contributed by atoms with Crippen LogP contribution < -0.4 is 10.6 Å². The van der Waals surface area contributed by atoms with Crippen LogP contribution in [0.3, 0.4) is 0 Å². The van der Waals surface area contributed by atoms with E-state index in [1.165, 1.54) is 28.8 Å². The van der Waals surface area contributed by atoms with E-state index in [0.717, 1.165) is 31.7 Å². The van der Waals surface area contributed by atoms with Gasteiger partial charge in [-0.15, -0.1) is 11.6 Å². The van der Waals surface area contributed by atoms with Crippen LogP contribution in [0.25, 0.3) is 0 Å². The molecule has 0 spiro atoms. The van der Waals surface area contributed by atoms with Gasteiger partial charge in [-0.3, -0.25) is 4.79 Å². The Balaban J connectivity index is 1.70. The summed E-state index contributed by atoms with van der Waals surface area (Å²) >= 11 is 5.61.